The normalized spacial score (nSPS) is 11.3. The van der Waals surface area contributed by atoms with Crippen LogP contribution in [-0.4, -0.2) is 147 Å². The molecule has 27 nitrogen and oxygen atoms in total. The highest BCUT2D eigenvalue weighted by molar-refractivity contribution is 6.01. The summed E-state index contributed by atoms with van der Waals surface area (Å²) in [4.78, 5) is 122. The van der Waals surface area contributed by atoms with E-state index in [1.807, 2.05) is 0 Å². The molecular formula is C37H46N18O9. The molecule has 12 N–H and O–H groups in total. The number of aliphatic carboxylic acids is 1. The maximum absolute atomic E-state index is 14.2. The van der Waals surface area contributed by atoms with E-state index in [-0.39, 0.29) is 92.0 Å². The molecular weight excluding hydrogens is 841 g/mol. The molecule has 0 saturated heterocycles. The number of aromatic nitrogens is 8. The molecule has 64 heavy (non-hydrogen) atoms. The number of anilines is 2. The maximum Gasteiger partial charge on any atom is 0.407 e. The number of amides is 6. The fraction of sp³-hybridized carbons (Fsp3) is 0.351. The van der Waals surface area contributed by atoms with Crippen molar-refractivity contribution in [2.75, 3.05) is 50.7 Å². The Bertz CT molecular complexity index is 2510. The minimum absolute atomic E-state index is 0.0179. The molecule has 1 aromatic carbocycles. The predicted octanol–water partition coefficient (Wildman–Crippen LogP) is -2.93. The number of nitrogens with zero attached hydrogens (tertiary/aromatic N) is 11. The third-order valence-electron chi connectivity index (χ3n) is 9.17. The summed E-state index contributed by atoms with van der Waals surface area (Å²) >= 11 is 0. The van der Waals surface area contributed by atoms with E-state index < -0.39 is 73.8 Å². The molecule has 5 aromatic rings. The quantitative estimate of drug-likeness (QED) is 0.0196. The number of aliphatic imine (C=N–C) groups is 1. The summed E-state index contributed by atoms with van der Waals surface area (Å²) in [5, 5.41) is 16.9. The zero-order valence-corrected chi connectivity index (χ0v) is 34.2. The van der Waals surface area contributed by atoms with Crippen molar-refractivity contribution in [3.8, 4) is 0 Å². The topological polar surface area (TPSA) is 395 Å². The number of fused-ring (bicyclic) bond motifs is 2. The molecule has 5 rings (SSSR count). The van der Waals surface area contributed by atoms with Crippen LogP contribution in [0.25, 0.3) is 22.3 Å². The number of carboxylic acids is 1. The number of carboxylic acid groups (broad SMARTS) is 1. The summed E-state index contributed by atoms with van der Waals surface area (Å²) in [6.07, 6.45) is 3.97. The number of ether oxygens (including phenoxy) is 1. The average molecular weight is 887 g/mol. The van der Waals surface area contributed by atoms with Crippen molar-refractivity contribution in [2.24, 2.45) is 16.5 Å². The highest BCUT2D eigenvalue weighted by Crippen LogP contribution is 2.16. The number of carbonyl (C=O) groups excluding carboxylic acids is 6. The van der Waals surface area contributed by atoms with Crippen molar-refractivity contribution in [1.82, 2.24) is 64.8 Å². The van der Waals surface area contributed by atoms with Gasteiger partial charge in [0.25, 0.3) is 0 Å². The van der Waals surface area contributed by atoms with Gasteiger partial charge in [0, 0.05) is 32.6 Å². The molecule has 0 unspecified atom stereocenters. The highest BCUT2D eigenvalue weighted by Gasteiger charge is 2.29. The van der Waals surface area contributed by atoms with Gasteiger partial charge in [0.2, 0.25) is 29.5 Å². The second kappa shape index (κ2) is 22.4. The van der Waals surface area contributed by atoms with Gasteiger partial charge in [-0.25, -0.2) is 39.5 Å². The van der Waals surface area contributed by atoms with E-state index in [0.29, 0.717) is 4.90 Å². The first-order valence-electron chi connectivity index (χ1n) is 19.4. The third-order valence-corrected chi connectivity index (χ3v) is 9.17. The predicted molar refractivity (Wildman–Crippen MR) is 225 cm³/mol. The molecule has 0 fully saturated rings. The molecule has 4 aromatic heterocycles. The van der Waals surface area contributed by atoms with E-state index in [1.54, 1.807) is 30.3 Å². The summed E-state index contributed by atoms with van der Waals surface area (Å²) < 4.78 is 7.90. The van der Waals surface area contributed by atoms with Gasteiger partial charge in [0.05, 0.1) is 12.7 Å². The van der Waals surface area contributed by atoms with Crippen LogP contribution in [0.4, 0.5) is 16.4 Å². The zero-order valence-electron chi connectivity index (χ0n) is 34.2. The maximum atomic E-state index is 14.2. The molecule has 27 heteroatoms. The first-order valence-corrected chi connectivity index (χ1v) is 19.4. The Hall–Kier alpha value is -8.52. The number of imide groups is 1. The van der Waals surface area contributed by atoms with E-state index in [4.69, 9.17) is 27.7 Å². The van der Waals surface area contributed by atoms with Gasteiger partial charge < -0.3 is 62.8 Å². The molecule has 338 valence electrons. The van der Waals surface area contributed by atoms with Crippen LogP contribution in [-0.2, 0) is 53.2 Å². The standard InChI is InChI=1S/C37H46N18O9/c38-31-29-33(47-18-45-31)53(20-49-29)14-26(58)52(12-11-44-37(63)64-17-22-5-2-1-3-6-22)15-27(59)55(28(60)16-54-21-50-30-32(39)46-19-48-34(30)54)13-25(57)42-10-8-24(56)51-23(35(61)62)7-4-9-43-36(40)41/h1-3,5-6,18-21,23H,4,7-17H2,(H,42,57)(H,44,63)(H,51,56)(H,61,62)(H2,38,45,47)(H2,39,46,48)(H4,40,41,43)/t23-/m0/s1. The van der Waals surface area contributed by atoms with Gasteiger partial charge in [-0.15, -0.1) is 0 Å². The van der Waals surface area contributed by atoms with Gasteiger partial charge in [0.1, 0.15) is 62.5 Å². The van der Waals surface area contributed by atoms with Crippen molar-refractivity contribution >= 4 is 81.5 Å². The minimum atomic E-state index is -1.29. The lowest BCUT2D eigenvalue weighted by molar-refractivity contribution is -0.151. The highest BCUT2D eigenvalue weighted by atomic mass is 16.5. The van der Waals surface area contributed by atoms with Crippen LogP contribution >= 0.6 is 0 Å². The number of hydrogen-bond acceptors (Lipinski definition) is 17. The number of alkyl carbamates (subject to hydrolysis) is 1. The summed E-state index contributed by atoms with van der Waals surface area (Å²) in [7, 11) is 0. The van der Waals surface area contributed by atoms with Gasteiger partial charge in [-0.2, -0.15) is 0 Å². The Morgan fingerprint density at radius 2 is 1.39 bits per heavy atom. The minimum Gasteiger partial charge on any atom is -0.480 e. The molecule has 4 heterocycles. The summed E-state index contributed by atoms with van der Waals surface area (Å²) in [6.45, 7) is -3.32. The largest absolute Gasteiger partial charge is 0.480 e. The van der Waals surface area contributed by atoms with E-state index in [2.05, 4.69) is 50.8 Å². The van der Waals surface area contributed by atoms with Crippen LogP contribution in [0.2, 0.25) is 0 Å². The second-order valence-electron chi connectivity index (χ2n) is 13.8. The van der Waals surface area contributed by atoms with Gasteiger partial charge in [-0.3, -0.25) is 33.9 Å². The number of nitrogens with two attached hydrogens (primary N) is 4. The summed E-state index contributed by atoms with van der Waals surface area (Å²) in [5.74, 6) is -5.58. The Kier molecular flexibility index (Phi) is 16.3. The lowest BCUT2D eigenvalue weighted by Crippen LogP contribution is -2.51. The molecule has 6 amide bonds. The number of carbonyl (C=O) groups is 7. The fourth-order valence-electron chi connectivity index (χ4n) is 5.97. The fourth-order valence-corrected chi connectivity index (χ4v) is 5.97. The van der Waals surface area contributed by atoms with Gasteiger partial charge in [-0.05, 0) is 18.4 Å². The van der Waals surface area contributed by atoms with E-state index >= 15 is 0 Å². The lowest BCUT2D eigenvalue weighted by atomic mass is 10.1. The molecule has 0 aliphatic rings. The van der Waals surface area contributed by atoms with Gasteiger partial charge in [0.15, 0.2) is 28.9 Å². The molecule has 0 radical (unpaired) electrons. The first kappa shape index (κ1) is 46.5. The molecule has 1 atom stereocenters. The Labute approximate surface area is 362 Å². The number of hydrogen-bond donors (Lipinski definition) is 8. The molecule has 0 saturated carbocycles. The number of rotatable bonds is 22. The van der Waals surface area contributed by atoms with Crippen LogP contribution in [0.5, 0.6) is 0 Å². The lowest BCUT2D eigenvalue weighted by Gasteiger charge is -2.27. The van der Waals surface area contributed by atoms with E-state index in [1.165, 1.54) is 28.1 Å². The third kappa shape index (κ3) is 13.2. The number of benzene rings is 1. The Morgan fingerprint density at radius 3 is 2.00 bits per heavy atom. The first-order chi connectivity index (χ1) is 30.7. The molecule has 0 spiro atoms. The number of guanidine groups is 1. The Morgan fingerprint density at radius 1 is 0.766 bits per heavy atom. The molecule has 0 aliphatic carbocycles. The van der Waals surface area contributed by atoms with Gasteiger partial charge in [-0.1, -0.05) is 30.3 Å². The van der Waals surface area contributed by atoms with E-state index in [9.17, 15) is 38.7 Å². The van der Waals surface area contributed by atoms with Crippen LogP contribution in [0.15, 0.2) is 60.6 Å². The van der Waals surface area contributed by atoms with Crippen molar-refractivity contribution in [2.45, 2.75) is 45.0 Å². The van der Waals surface area contributed by atoms with Crippen molar-refractivity contribution in [3.63, 3.8) is 0 Å². The number of nitrogens with one attached hydrogen (secondary N) is 3. The smallest absolute Gasteiger partial charge is 0.407 e. The number of nitrogen functional groups attached to an aromatic ring is 2. The van der Waals surface area contributed by atoms with Crippen molar-refractivity contribution < 1.29 is 43.4 Å². The number of imidazole rings is 2. The second-order valence-corrected chi connectivity index (χ2v) is 13.8. The molecule has 0 aliphatic heterocycles. The SMILES string of the molecule is NC(N)=NCCC[C@H](NC(=O)CCNC(=O)CN(C(=O)CN(CCNC(=O)OCc1ccccc1)C(=O)Cn1cnc2c(N)ncnc21)C(=O)Cn1cnc2c(N)ncnc21)C(=O)O. The van der Waals surface area contributed by atoms with Crippen LogP contribution in [0.1, 0.15) is 24.8 Å². The summed E-state index contributed by atoms with van der Waals surface area (Å²) in [6, 6.07) is 7.63. The molecule has 0 bridgehead atoms. The summed E-state index contributed by atoms with van der Waals surface area (Å²) in [5.41, 5.74) is 23.9. The van der Waals surface area contributed by atoms with Crippen LogP contribution in [0.3, 0.4) is 0 Å². The Balaban J connectivity index is 1.30. The van der Waals surface area contributed by atoms with Crippen molar-refractivity contribution in [3.05, 3.63) is 61.2 Å². The monoisotopic (exact) mass is 886 g/mol. The zero-order chi connectivity index (χ0) is 46.2. The van der Waals surface area contributed by atoms with Crippen LogP contribution in [0, 0.1) is 0 Å². The van der Waals surface area contributed by atoms with Gasteiger partial charge >= 0.3 is 12.1 Å². The average Bonchev–Trinajstić information content (AvgIpc) is 3.87. The van der Waals surface area contributed by atoms with E-state index in [0.717, 1.165) is 16.8 Å². The van der Waals surface area contributed by atoms with Crippen molar-refractivity contribution in [1.29, 1.82) is 0 Å². The van der Waals surface area contributed by atoms with Crippen LogP contribution < -0.4 is 38.9 Å².